The number of nitrogens with zero attached hydrogens (tertiary/aromatic N) is 1. The van der Waals surface area contributed by atoms with Gasteiger partial charge in [0.15, 0.2) is 5.12 Å². The number of esters is 1. The lowest BCUT2D eigenvalue weighted by Crippen LogP contribution is -2.29. The van der Waals surface area contributed by atoms with Crippen LogP contribution in [0.15, 0.2) is 0 Å². The summed E-state index contributed by atoms with van der Waals surface area (Å²) >= 11 is 1.62. The van der Waals surface area contributed by atoms with Gasteiger partial charge in [-0.05, 0) is 58.0 Å². The lowest BCUT2D eigenvalue weighted by atomic mass is 9.95. The van der Waals surface area contributed by atoms with Gasteiger partial charge in [-0.1, -0.05) is 174 Å². The number of hydrogen-bond donors (Lipinski definition) is 1. The summed E-state index contributed by atoms with van der Waals surface area (Å²) in [5, 5.41) is 10.0. The van der Waals surface area contributed by atoms with Crippen molar-refractivity contribution in [2.45, 2.75) is 213 Å². The van der Waals surface area contributed by atoms with E-state index >= 15 is 0 Å². The van der Waals surface area contributed by atoms with E-state index in [1.807, 2.05) is 0 Å². The predicted octanol–water partition coefficient (Wildman–Crippen LogP) is 12.5. The third-order valence-electron chi connectivity index (χ3n) is 9.79. The first-order chi connectivity index (χ1) is 23.6. The van der Waals surface area contributed by atoms with Gasteiger partial charge in [0.1, 0.15) is 0 Å². The molecule has 0 aromatic rings. The Morgan fingerprint density at radius 1 is 0.542 bits per heavy atom. The van der Waals surface area contributed by atoms with Gasteiger partial charge in [-0.15, -0.1) is 0 Å². The van der Waals surface area contributed by atoms with E-state index in [9.17, 15) is 14.7 Å². The zero-order chi connectivity index (χ0) is 35.2. The molecule has 48 heavy (non-hydrogen) atoms. The van der Waals surface area contributed by atoms with Crippen LogP contribution < -0.4 is 0 Å². The minimum Gasteiger partial charge on any atom is -0.466 e. The highest BCUT2D eigenvalue weighted by atomic mass is 32.2. The Hall–Kier alpha value is -0.590. The van der Waals surface area contributed by atoms with Gasteiger partial charge in [-0.25, -0.2) is 0 Å². The lowest BCUT2D eigenvalue weighted by molar-refractivity contribution is -0.143. The van der Waals surface area contributed by atoms with Crippen molar-refractivity contribution in [2.24, 2.45) is 5.92 Å². The van der Waals surface area contributed by atoms with Crippen molar-refractivity contribution in [3.8, 4) is 0 Å². The first kappa shape index (κ1) is 47.4. The van der Waals surface area contributed by atoms with Gasteiger partial charge in [0.2, 0.25) is 0 Å². The minimum absolute atomic E-state index is 0.0286. The van der Waals surface area contributed by atoms with Crippen molar-refractivity contribution >= 4 is 22.8 Å². The van der Waals surface area contributed by atoms with Gasteiger partial charge >= 0.3 is 5.97 Å². The molecule has 0 bridgehead atoms. The topological polar surface area (TPSA) is 66.8 Å². The van der Waals surface area contributed by atoms with Crippen LogP contribution >= 0.6 is 11.8 Å². The van der Waals surface area contributed by atoms with Crippen LogP contribution in [0, 0.1) is 5.92 Å². The van der Waals surface area contributed by atoms with Crippen molar-refractivity contribution in [1.29, 1.82) is 0 Å². The number of rotatable bonds is 39. The van der Waals surface area contributed by atoms with Crippen molar-refractivity contribution in [1.82, 2.24) is 4.90 Å². The highest BCUT2D eigenvalue weighted by Gasteiger charge is 2.18. The SMILES string of the molecule is CCCCCCCCCC(=O)OCCCCCCN(CCO)CCCCCCSC(=O)C(CCCCCCCC)CCCCCCCC. The number of unbranched alkanes of at least 4 members (excludes halogenated alkanes) is 22. The molecule has 286 valence electrons. The molecule has 0 aliphatic rings. The van der Waals surface area contributed by atoms with E-state index in [4.69, 9.17) is 4.74 Å². The maximum absolute atomic E-state index is 13.1. The zero-order valence-corrected chi connectivity index (χ0v) is 33.4. The molecule has 0 rings (SSSR count). The number of hydrogen-bond acceptors (Lipinski definition) is 6. The molecule has 0 saturated heterocycles. The van der Waals surface area contributed by atoms with Crippen molar-refractivity contribution in [3.05, 3.63) is 0 Å². The number of thioether (sulfide) groups is 1. The van der Waals surface area contributed by atoms with Crippen LogP contribution in [0.3, 0.4) is 0 Å². The number of aliphatic hydroxyl groups excluding tert-OH is 1. The first-order valence-corrected chi connectivity index (χ1v) is 22.2. The fraction of sp³-hybridized carbons (Fsp3) is 0.952. The molecule has 6 heteroatoms. The summed E-state index contributed by atoms with van der Waals surface area (Å²) in [5.74, 6) is 1.21. The first-order valence-electron chi connectivity index (χ1n) is 21.2. The highest BCUT2D eigenvalue weighted by Crippen LogP contribution is 2.25. The molecule has 0 saturated carbocycles. The summed E-state index contributed by atoms with van der Waals surface area (Å²) in [6.45, 7) is 10.4. The molecular weight excluding hydrogens is 615 g/mol. The Morgan fingerprint density at radius 3 is 1.50 bits per heavy atom. The van der Waals surface area contributed by atoms with Crippen molar-refractivity contribution < 1.29 is 19.4 Å². The van der Waals surface area contributed by atoms with Gasteiger partial charge in [0.25, 0.3) is 0 Å². The van der Waals surface area contributed by atoms with Gasteiger partial charge < -0.3 is 14.7 Å². The van der Waals surface area contributed by atoms with Crippen molar-refractivity contribution in [3.63, 3.8) is 0 Å². The molecule has 0 aromatic carbocycles. The standard InChI is InChI=1S/C42H83NO4S/c1-4-7-10-13-16-19-26-33-41(45)47-38-29-22-20-27-34-43(36-37-44)35-28-21-23-30-39-48-42(46)40(31-24-17-14-11-8-5-2)32-25-18-15-12-9-6-3/h40,44H,4-39H2,1-3H3. The minimum atomic E-state index is -0.0286. The second-order valence-electron chi connectivity index (χ2n) is 14.5. The number of ether oxygens (including phenoxy) is 1. The zero-order valence-electron chi connectivity index (χ0n) is 32.6. The molecule has 0 atom stereocenters. The van der Waals surface area contributed by atoms with Crippen molar-refractivity contribution in [2.75, 3.05) is 38.6 Å². The molecule has 0 amide bonds. The Labute approximate surface area is 304 Å². The fourth-order valence-corrected chi connectivity index (χ4v) is 7.58. The quantitative estimate of drug-likeness (QED) is 0.0509. The van der Waals surface area contributed by atoms with E-state index in [2.05, 4.69) is 25.7 Å². The van der Waals surface area contributed by atoms with E-state index in [0.717, 1.165) is 89.6 Å². The van der Waals surface area contributed by atoms with Crippen LogP contribution in [0.4, 0.5) is 0 Å². The van der Waals surface area contributed by atoms with Crippen LogP contribution in [0.2, 0.25) is 0 Å². The maximum atomic E-state index is 13.1. The molecule has 0 aromatic heterocycles. The summed E-state index contributed by atoms with van der Waals surface area (Å²) in [7, 11) is 0. The summed E-state index contributed by atoms with van der Waals surface area (Å²) < 4.78 is 5.43. The molecule has 0 spiro atoms. The smallest absolute Gasteiger partial charge is 0.305 e. The number of carbonyl (C=O) groups is 2. The van der Waals surface area contributed by atoms with E-state index in [1.54, 1.807) is 11.8 Å². The Morgan fingerprint density at radius 2 is 0.979 bits per heavy atom. The van der Waals surface area contributed by atoms with E-state index in [1.165, 1.54) is 122 Å². The molecular formula is C42H83NO4S. The predicted molar refractivity (Wildman–Crippen MR) is 211 cm³/mol. The molecule has 0 aliphatic heterocycles. The summed E-state index contributed by atoms with van der Waals surface area (Å²) in [6, 6.07) is 0. The normalized spacial score (nSPS) is 11.6. The third-order valence-corrected chi connectivity index (χ3v) is 10.9. The highest BCUT2D eigenvalue weighted by molar-refractivity contribution is 8.13. The summed E-state index contributed by atoms with van der Waals surface area (Å²) in [5.41, 5.74) is 0. The molecule has 1 N–H and O–H groups in total. The van der Waals surface area contributed by atoms with E-state index < -0.39 is 0 Å². The molecule has 0 aliphatic carbocycles. The fourth-order valence-electron chi connectivity index (χ4n) is 6.56. The Bertz CT molecular complexity index is 660. The van der Waals surface area contributed by atoms with E-state index in [0.29, 0.717) is 18.1 Å². The average molecular weight is 698 g/mol. The van der Waals surface area contributed by atoms with Crippen LogP contribution in [-0.2, 0) is 14.3 Å². The van der Waals surface area contributed by atoms with Crippen LogP contribution in [0.25, 0.3) is 0 Å². The third kappa shape index (κ3) is 33.9. The monoisotopic (exact) mass is 698 g/mol. The van der Waals surface area contributed by atoms with Gasteiger partial charge in [0, 0.05) is 24.6 Å². The second-order valence-corrected chi connectivity index (χ2v) is 15.6. The van der Waals surface area contributed by atoms with Gasteiger partial charge in [-0.3, -0.25) is 9.59 Å². The molecule has 0 fully saturated rings. The molecule has 0 heterocycles. The van der Waals surface area contributed by atoms with E-state index in [-0.39, 0.29) is 18.5 Å². The summed E-state index contributed by atoms with van der Waals surface area (Å²) in [6.07, 6.45) is 35.9. The van der Waals surface area contributed by atoms with Gasteiger partial charge in [0.05, 0.1) is 13.2 Å². The van der Waals surface area contributed by atoms with Gasteiger partial charge in [-0.2, -0.15) is 0 Å². The maximum Gasteiger partial charge on any atom is 0.305 e. The largest absolute Gasteiger partial charge is 0.466 e. The molecule has 0 radical (unpaired) electrons. The van der Waals surface area contributed by atoms with Crippen LogP contribution in [0.1, 0.15) is 213 Å². The second kappa shape index (κ2) is 39.2. The Kier molecular flexibility index (Phi) is 38.7. The van der Waals surface area contributed by atoms with Crippen LogP contribution in [-0.4, -0.2) is 59.7 Å². The molecule has 5 nitrogen and oxygen atoms in total. The molecule has 0 unspecified atom stereocenters. The lowest BCUT2D eigenvalue weighted by Gasteiger charge is -2.21. The average Bonchev–Trinajstić information content (AvgIpc) is 3.08. The summed E-state index contributed by atoms with van der Waals surface area (Å²) in [4.78, 5) is 27.5. The van der Waals surface area contributed by atoms with Crippen LogP contribution in [0.5, 0.6) is 0 Å². The number of carbonyl (C=O) groups excluding carboxylic acids is 2. The Balaban J connectivity index is 3.99. The number of aliphatic hydroxyl groups is 1.